The molecular formula is C18H31IN4O4S. The molecule has 1 heterocycles. The molecule has 1 fully saturated rings. The maximum absolute atomic E-state index is 11.3. The van der Waals surface area contributed by atoms with Crippen LogP contribution in [0.5, 0.6) is 0 Å². The second kappa shape index (κ2) is 13.3. The van der Waals surface area contributed by atoms with E-state index in [1.54, 1.807) is 12.1 Å². The summed E-state index contributed by atoms with van der Waals surface area (Å²) in [6, 6.07) is 6.60. The summed E-state index contributed by atoms with van der Waals surface area (Å²) in [4.78, 5) is 4.67. The SMILES string of the molecule is CCNC(=NCCCOC1CCOC1)NCCc1ccc(S(N)(=O)=O)cc1.I. The highest BCUT2D eigenvalue weighted by molar-refractivity contribution is 14.0. The van der Waals surface area contributed by atoms with Crippen molar-refractivity contribution in [1.82, 2.24) is 10.6 Å². The Hall–Kier alpha value is -0.950. The van der Waals surface area contributed by atoms with Gasteiger partial charge in [-0.25, -0.2) is 13.6 Å². The highest BCUT2D eigenvalue weighted by Crippen LogP contribution is 2.09. The van der Waals surface area contributed by atoms with Gasteiger partial charge in [0.2, 0.25) is 10.0 Å². The number of nitrogens with one attached hydrogen (secondary N) is 2. The molecule has 28 heavy (non-hydrogen) atoms. The summed E-state index contributed by atoms with van der Waals surface area (Å²) in [5.74, 6) is 0.767. The van der Waals surface area contributed by atoms with E-state index in [2.05, 4.69) is 15.6 Å². The molecule has 160 valence electrons. The monoisotopic (exact) mass is 526 g/mol. The standard InChI is InChI=1S/C18H30N4O4S.HI/c1-2-20-18(21-10-3-12-26-16-9-13-25-14-16)22-11-8-15-4-6-17(7-5-15)27(19,23)24;/h4-7,16H,2-3,8-14H2,1H3,(H2,19,23,24)(H2,20,21,22);1H. The Balaban J connectivity index is 0.00000392. The van der Waals surface area contributed by atoms with Crippen molar-refractivity contribution in [3.63, 3.8) is 0 Å². The number of primary sulfonamides is 1. The fourth-order valence-corrected chi connectivity index (χ4v) is 3.18. The molecule has 0 aliphatic carbocycles. The molecule has 1 aliphatic rings. The van der Waals surface area contributed by atoms with E-state index in [0.717, 1.165) is 43.9 Å². The summed E-state index contributed by atoms with van der Waals surface area (Å²) in [6.45, 7) is 6.36. The zero-order chi connectivity index (χ0) is 19.5. The van der Waals surface area contributed by atoms with Crippen LogP contribution in [0.25, 0.3) is 0 Å². The molecule has 1 unspecified atom stereocenters. The molecule has 1 aromatic carbocycles. The van der Waals surface area contributed by atoms with E-state index in [4.69, 9.17) is 14.6 Å². The highest BCUT2D eigenvalue weighted by atomic mass is 127. The van der Waals surface area contributed by atoms with Gasteiger partial charge in [-0.3, -0.25) is 4.99 Å². The molecule has 8 nitrogen and oxygen atoms in total. The maximum Gasteiger partial charge on any atom is 0.238 e. The van der Waals surface area contributed by atoms with Crippen LogP contribution >= 0.6 is 24.0 Å². The minimum atomic E-state index is -3.64. The van der Waals surface area contributed by atoms with E-state index in [9.17, 15) is 8.42 Å². The first-order valence-electron chi connectivity index (χ1n) is 9.32. The van der Waals surface area contributed by atoms with Gasteiger partial charge in [-0.2, -0.15) is 0 Å². The van der Waals surface area contributed by atoms with E-state index in [0.29, 0.717) is 26.3 Å². The van der Waals surface area contributed by atoms with Gasteiger partial charge in [0.1, 0.15) is 0 Å². The third-order valence-corrected chi connectivity index (χ3v) is 5.05. The average molecular weight is 526 g/mol. The van der Waals surface area contributed by atoms with Crippen molar-refractivity contribution in [2.45, 2.75) is 37.2 Å². The van der Waals surface area contributed by atoms with Gasteiger partial charge in [0, 0.05) is 32.8 Å². The van der Waals surface area contributed by atoms with Crippen LogP contribution in [0.4, 0.5) is 0 Å². The van der Waals surface area contributed by atoms with E-state index < -0.39 is 10.0 Å². The summed E-state index contributed by atoms with van der Waals surface area (Å²) < 4.78 is 33.5. The molecule has 0 amide bonds. The van der Waals surface area contributed by atoms with Crippen molar-refractivity contribution in [3.8, 4) is 0 Å². The molecule has 1 saturated heterocycles. The molecule has 1 aromatic rings. The topological polar surface area (TPSA) is 115 Å². The molecule has 1 aliphatic heterocycles. The molecule has 1 atom stereocenters. The van der Waals surface area contributed by atoms with Gasteiger partial charge in [-0.15, -0.1) is 24.0 Å². The first-order chi connectivity index (χ1) is 13.0. The third-order valence-electron chi connectivity index (χ3n) is 4.12. The second-order valence-electron chi connectivity index (χ2n) is 6.34. The molecule has 10 heteroatoms. The summed E-state index contributed by atoms with van der Waals surface area (Å²) in [5, 5.41) is 11.6. The number of halogens is 1. The van der Waals surface area contributed by atoms with Crippen LogP contribution in [0.2, 0.25) is 0 Å². The van der Waals surface area contributed by atoms with Gasteiger partial charge in [-0.1, -0.05) is 12.1 Å². The fraction of sp³-hybridized carbons (Fsp3) is 0.611. The van der Waals surface area contributed by atoms with Crippen LogP contribution in [-0.2, 0) is 25.9 Å². The summed E-state index contributed by atoms with van der Waals surface area (Å²) in [6.07, 6.45) is 2.83. The predicted molar refractivity (Wildman–Crippen MR) is 121 cm³/mol. The second-order valence-corrected chi connectivity index (χ2v) is 7.90. The van der Waals surface area contributed by atoms with Gasteiger partial charge >= 0.3 is 0 Å². The number of benzene rings is 1. The zero-order valence-electron chi connectivity index (χ0n) is 16.2. The smallest absolute Gasteiger partial charge is 0.238 e. The predicted octanol–water partition coefficient (Wildman–Crippen LogP) is 1.25. The summed E-state index contributed by atoms with van der Waals surface area (Å²) in [5.41, 5.74) is 1.03. The number of nitrogens with two attached hydrogens (primary N) is 1. The lowest BCUT2D eigenvalue weighted by molar-refractivity contribution is 0.0424. The number of nitrogens with zero attached hydrogens (tertiary/aromatic N) is 1. The first-order valence-corrected chi connectivity index (χ1v) is 10.9. The molecule has 2 rings (SSSR count). The Bertz CT molecular complexity index is 692. The van der Waals surface area contributed by atoms with E-state index in [1.165, 1.54) is 12.1 Å². The van der Waals surface area contributed by atoms with Crippen LogP contribution < -0.4 is 15.8 Å². The average Bonchev–Trinajstić information content (AvgIpc) is 3.14. The van der Waals surface area contributed by atoms with Gasteiger partial charge in [0.15, 0.2) is 5.96 Å². The van der Waals surface area contributed by atoms with Crippen molar-refractivity contribution in [1.29, 1.82) is 0 Å². The minimum Gasteiger partial charge on any atom is -0.379 e. The lowest BCUT2D eigenvalue weighted by atomic mass is 10.1. The third kappa shape index (κ3) is 9.50. The van der Waals surface area contributed by atoms with Crippen molar-refractivity contribution >= 4 is 40.0 Å². The molecular weight excluding hydrogens is 495 g/mol. The van der Waals surface area contributed by atoms with E-state index in [-0.39, 0.29) is 35.0 Å². The van der Waals surface area contributed by atoms with E-state index >= 15 is 0 Å². The number of guanidine groups is 1. The molecule has 0 saturated carbocycles. The number of hydrogen-bond acceptors (Lipinski definition) is 5. The Morgan fingerprint density at radius 1 is 1.32 bits per heavy atom. The van der Waals surface area contributed by atoms with Gasteiger partial charge in [0.05, 0.1) is 17.6 Å². The number of ether oxygens (including phenoxy) is 2. The Labute approximate surface area is 184 Å². The van der Waals surface area contributed by atoms with Crippen LogP contribution in [0, 0.1) is 0 Å². The molecule has 0 bridgehead atoms. The molecule has 0 spiro atoms. The van der Waals surface area contributed by atoms with Crippen molar-refractivity contribution in [2.75, 3.05) is 39.5 Å². The van der Waals surface area contributed by atoms with Crippen molar-refractivity contribution in [3.05, 3.63) is 29.8 Å². The van der Waals surface area contributed by atoms with Gasteiger partial charge in [0.25, 0.3) is 0 Å². The van der Waals surface area contributed by atoms with Crippen LogP contribution in [0.3, 0.4) is 0 Å². The van der Waals surface area contributed by atoms with Crippen molar-refractivity contribution < 1.29 is 17.9 Å². The largest absolute Gasteiger partial charge is 0.379 e. The molecule has 0 aromatic heterocycles. The van der Waals surface area contributed by atoms with E-state index in [1.807, 2.05) is 6.92 Å². The lowest BCUT2D eigenvalue weighted by Gasteiger charge is -2.12. The summed E-state index contributed by atoms with van der Waals surface area (Å²) >= 11 is 0. The molecule has 4 N–H and O–H groups in total. The number of rotatable bonds is 10. The Morgan fingerprint density at radius 3 is 2.68 bits per heavy atom. The summed E-state index contributed by atoms with van der Waals surface area (Å²) in [7, 11) is -3.64. The normalized spacial score (nSPS) is 17.2. The van der Waals surface area contributed by atoms with Gasteiger partial charge in [-0.05, 0) is 43.9 Å². The maximum atomic E-state index is 11.3. The van der Waals surface area contributed by atoms with Crippen LogP contribution in [0.15, 0.2) is 34.2 Å². The lowest BCUT2D eigenvalue weighted by Crippen LogP contribution is -2.38. The fourth-order valence-electron chi connectivity index (χ4n) is 2.66. The van der Waals surface area contributed by atoms with Gasteiger partial charge < -0.3 is 20.1 Å². The molecule has 0 radical (unpaired) electrons. The minimum absolute atomic E-state index is 0. The highest BCUT2D eigenvalue weighted by Gasteiger charge is 2.15. The number of aliphatic imine (C=N–C) groups is 1. The Morgan fingerprint density at radius 2 is 2.07 bits per heavy atom. The quantitative estimate of drug-likeness (QED) is 0.183. The van der Waals surface area contributed by atoms with Crippen LogP contribution in [-0.4, -0.2) is 59.9 Å². The van der Waals surface area contributed by atoms with Crippen LogP contribution in [0.1, 0.15) is 25.3 Å². The van der Waals surface area contributed by atoms with Crippen molar-refractivity contribution in [2.24, 2.45) is 10.1 Å². The number of hydrogen-bond donors (Lipinski definition) is 3. The zero-order valence-corrected chi connectivity index (χ0v) is 19.4. The number of sulfonamides is 1. The first kappa shape index (κ1) is 25.1. The Kier molecular flexibility index (Phi) is 11.9.